The molecule has 0 radical (unpaired) electrons. The van der Waals surface area contributed by atoms with Gasteiger partial charge in [0, 0.05) is 25.7 Å². The monoisotopic (exact) mass is 325 g/mol. The van der Waals surface area contributed by atoms with Gasteiger partial charge in [0.05, 0.1) is 6.54 Å². The lowest BCUT2D eigenvalue weighted by atomic mass is 9.92. The summed E-state index contributed by atoms with van der Waals surface area (Å²) in [7, 11) is 0. The summed E-state index contributed by atoms with van der Waals surface area (Å²) in [6.07, 6.45) is 6.00. The Labute approximate surface area is 143 Å². The van der Waals surface area contributed by atoms with Gasteiger partial charge in [0.1, 0.15) is 12.7 Å². The standard InChI is InChI=1S/C19H27N5/c1-13-5-14(2)18(10-24-12-21-11-22-24)6-17(13)9-23-7-15-3-4-16(8-23)19(15)20/h5-6,11-12,15-16,19H,3-4,7-10,20H2,1-2H3/t15-,16+,19?. The van der Waals surface area contributed by atoms with Crippen LogP contribution in [0.3, 0.4) is 0 Å². The Hall–Kier alpha value is -1.72. The first-order valence-corrected chi connectivity index (χ1v) is 8.99. The molecule has 2 aromatic rings. The topological polar surface area (TPSA) is 60.0 Å². The summed E-state index contributed by atoms with van der Waals surface area (Å²) >= 11 is 0. The zero-order valence-electron chi connectivity index (χ0n) is 14.7. The summed E-state index contributed by atoms with van der Waals surface area (Å²) in [6, 6.07) is 5.11. The number of hydrogen-bond donors (Lipinski definition) is 1. The Morgan fingerprint density at radius 3 is 2.33 bits per heavy atom. The Morgan fingerprint density at radius 2 is 1.71 bits per heavy atom. The predicted octanol–water partition coefficient (Wildman–Crippen LogP) is 2.11. The van der Waals surface area contributed by atoms with E-state index in [1.165, 1.54) is 35.1 Å². The normalized spacial score (nSPS) is 26.9. The number of piperidine rings is 1. The number of hydrogen-bond acceptors (Lipinski definition) is 4. The van der Waals surface area contributed by atoms with Gasteiger partial charge in [-0.05, 0) is 60.8 Å². The third-order valence-corrected chi connectivity index (χ3v) is 5.97. The first-order chi connectivity index (χ1) is 11.6. The summed E-state index contributed by atoms with van der Waals surface area (Å²) < 4.78 is 1.89. The number of aryl methyl sites for hydroxylation is 2. The van der Waals surface area contributed by atoms with Gasteiger partial charge < -0.3 is 5.73 Å². The lowest BCUT2D eigenvalue weighted by Crippen LogP contribution is -2.48. The maximum atomic E-state index is 6.35. The molecule has 1 unspecified atom stereocenters. The van der Waals surface area contributed by atoms with Crippen molar-refractivity contribution in [3.8, 4) is 0 Å². The Morgan fingerprint density at radius 1 is 1.04 bits per heavy atom. The third-order valence-electron chi connectivity index (χ3n) is 5.97. The number of rotatable bonds is 4. The fourth-order valence-electron chi connectivity index (χ4n) is 4.51. The molecule has 2 fully saturated rings. The Bertz CT molecular complexity index is 695. The summed E-state index contributed by atoms with van der Waals surface area (Å²) in [4.78, 5) is 6.66. The minimum Gasteiger partial charge on any atom is -0.327 e. The van der Waals surface area contributed by atoms with Crippen LogP contribution in [-0.4, -0.2) is 38.8 Å². The van der Waals surface area contributed by atoms with Gasteiger partial charge in [0.2, 0.25) is 0 Å². The van der Waals surface area contributed by atoms with Crippen LogP contribution in [0, 0.1) is 25.7 Å². The molecule has 24 heavy (non-hydrogen) atoms. The van der Waals surface area contributed by atoms with Crippen molar-refractivity contribution in [3.05, 3.63) is 47.0 Å². The maximum Gasteiger partial charge on any atom is 0.137 e. The molecule has 2 bridgehead atoms. The molecule has 2 heterocycles. The second-order valence-corrected chi connectivity index (χ2v) is 7.67. The van der Waals surface area contributed by atoms with Gasteiger partial charge in [-0.25, -0.2) is 9.67 Å². The molecule has 2 N–H and O–H groups in total. The highest BCUT2D eigenvalue weighted by Gasteiger charge is 2.39. The second-order valence-electron chi connectivity index (χ2n) is 7.67. The SMILES string of the molecule is Cc1cc(C)c(Cn2cncn2)cc1CN1C[C@H]2CC[C@@H](C1)C2N. The number of nitrogens with two attached hydrogens (primary N) is 1. The van der Waals surface area contributed by atoms with Gasteiger partial charge in [-0.1, -0.05) is 12.1 Å². The molecule has 1 aliphatic carbocycles. The van der Waals surface area contributed by atoms with Gasteiger partial charge in [0.25, 0.3) is 0 Å². The molecule has 1 aliphatic heterocycles. The highest BCUT2D eigenvalue weighted by Crippen LogP contribution is 2.36. The van der Waals surface area contributed by atoms with E-state index in [0.29, 0.717) is 17.9 Å². The Balaban J connectivity index is 1.52. The van der Waals surface area contributed by atoms with Crippen LogP contribution in [0.15, 0.2) is 24.8 Å². The summed E-state index contributed by atoms with van der Waals surface area (Å²) in [5, 5.41) is 4.24. The van der Waals surface area contributed by atoms with Crippen molar-refractivity contribution in [2.45, 2.75) is 45.8 Å². The van der Waals surface area contributed by atoms with Crippen LogP contribution in [0.25, 0.3) is 0 Å². The van der Waals surface area contributed by atoms with Crippen LogP contribution >= 0.6 is 0 Å². The number of fused-ring (bicyclic) bond motifs is 2. The molecule has 4 rings (SSSR count). The number of nitrogens with zero attached hydrogens (tertiary/aromatic N) is 4. The summed E-state index contributed by atoms with van der Waals surface area (Å²) in [5.74, 6) is 1.40. The van der Waals surface area contributed by atoms with Gasteiger partial charge >= 0.3 is 0 Å². The van der Waals surface area contributed by atoms with E-state index in [1.54, 1.807) is 12.7 Å². The maximum absolute atomic E-state index is 6.35. The highest BCUT2D eigenvalue weighted by atomic mass is 15.3. The molecule has 5 heteroatoms. The first-order valence-electron chi connectivity index (χ1n) is 8.99. The lowest BCUT2D eigenvalue weighted by molar-refractivity contribution is 0.140. The van der Waals surface area contributed by atoms with E-state index in [0.717, 1.165) is 26.2 Å². The largest absolute Gasteiger partial charge is 0.327 e. The van der Waals surface area contributed by atoms with E-state index in [4.69, 9.17) is 5.73 Å². The van der Waals surface area contributed by atoms with Crippen molar-refractivity contribution >= 4 is 0 Å². The molecular formula is C19H27N5. The smallest absolute Gasteiger partial charge is 0.137 e. The summed E-state index contributed by atoms with van der Waals surface area (Å²) in [6.45, 7) is 8.55. The van der Waals surface area contributed by atoms with Gasteiger partial charge in [-0.15, -0.1) is 0 Å². The highest BCUT2D eigenvalue weighted by molar-refractivity contribution is 5.37. The molecule has 1 aromatic carbocycles. The zero-order chi connectivity index (χ0) is 16.7. The molecule has 1 aromatic heterocycles. The molecule has 0 spiro atoms. The second kappa shape index (κ2) is 6.30. The van der Waals surface area contributed by atoms with Crippen LogP contribution in [0.2, 0.25) is 0 Å². The van der Waals surface area contributed by atoms with Crippen LogP contribution in [0.1, 0.15) is 35.1 Å². The minimum atomic E-state index is 0.434. The van der Waals surface area contributed by atoms with E-state index in [9.17, 15) is 0 Å². The molecular weight excluding hydrogens is 298 g/mol. The van der Waals surface area contributed by atoms with Gasteiger partial charge in [-0.2, -0.15) is 5.10 Å². The number of aromatic nitrogens is 3. The van der Waals surface area contributed by atoms with E-state index in [1.807, 2.05) is 4.68 Å². The predicted molar refractivity (Wildman–Crippen MR) is 94.5 cm³/mol. The van der Waals surface area contributed by atoms with Crippen molar-refractivity contribution in [3.63, 3.8) is 0 Å². The molecule has 0 amide bonds. The van der Waals surface area contributed by atoms with E-state index in [-0.39, 0.29) is 0 Å². The molecule has 5 nitrogen and oxygen atoms in total. The van der Waals surface area contributed by atoms with Crippen LogP contribution in [0.5, 0.6) is 0 Å². The number of benzene rings is 1. The van der Waals surface area contributed by atoms with Crippen molar-refractivity contribution in [1.29, 1.82) is 0 Å². The van der Waals surface area contributed by atoms with Crippen LogP contribution < -0.4 is 5.73 Å². The Kier molecular flexibility index (Phi) is 4.14. The van der Waals surface area contributed by atoms with Crippen molar-refractivity contribution in [2.75, 3.05) is 13.1 Å². The van der Waals surface area contributed by atoms with Crippen molar-refractivity contribution < 1.29 is 0 Å². The zero-order valence-corrected chi connectivity index (χ0v) is 14.7. The number of likely N-dealkylation sites (tertiary alicyclic amines) is 1. The van der Waals surface area contributed by atoms with Crippen molar-refractivity contribution in [2.24, 2.45) is 17.6 Å². The quantitative estimate of drug-likeness (QED) is 0.935. The van der Waals surface area contributed by atoms with E-state index in [2.05, 4.69) is 41.0 Å². The minimum absolute atomic E-state index is 0.434. The summed E-state index contributed by atoms with van der Waals surface area (Å²) in [5.41, 5.74) is 11.8. The van der Waals surface area contributed by atoms with Crippen molar-refractivity contribution in [1.82, 2.24) is 19.7 Å². The molecule has 1 saturated heterocycles. The van der Waals surface area contributed by atoms with E-state index < -0.39 is 0 Å². The van der Waals surface area contributed by atoms with E-state index >= 15 is 0 Å². The van der Waals surface area contributed by atoms with Crippen LogP contribution in [0.4, 0.5) is 0 Å². The van der Waals surface area contributed by atoms with Gasteiger partial charge in [-0.3, -0.25) is 4.90 Å². The van der Waals surface area contributed by atoms with Gasteiger partial charge in [0.15, 0.2) is 0 Å². The lowest BCUT2D eigenvalue weighted by Gasteiger charge is -2.36. The molecule has 2 aliphatic rings. The first kappa shape index (κ1) is 15.8. The fraction of sp³-hybridized carbons (Fsp3) is 0.579. The molecule has 1 saturated carbocycles. The fourth-order valence-corrected chi connectivity index (χ4v) is 4.51. The average Bonchev–Trinajstić information content (AvgIpc) is 3.10. The van der Waals surface area contributed by atoms with Crippen LogP contribution in [-0.2, 0) is 13.1 Å². The molecule has 3 atom stereocenters. The third kappa shape index (κ3) is 2.98. The molecule has 128 valence electrons. The average molecular weight is 325 g/mol.